The van der Waals surface area contributed by atoms with Crippen LogP contribution in [0.15, 0.2) is 0 Å². The van der Waals surface area contributed by atoms with Gasteiger partial charge >= 0.3 is 0 Å². The third-order valence-corrected chi connectivity index (χ3v) is 2.73. The first-order valence-electron chi connectivity index (χ1n) is 6.03. The van der Waals surface area contributed by atoms with Gasteiger partial charge in [0.1, 0.15) is 0 Å². The quantitative estimate of drug-likeness (QED) is 0.731. The van der Waals surface area contributed by atoms with E-state index in [1.165, 1.54) is 32.1 Å². The van der Waals surface area contributed by atoms with Crippen LogP contribution in [0.5, 0.6) is 0 Å². The molecule has 0 fully saturated rings. The molecule has 0 amide bonds. The van der Waals surface area contributed by atoms with E-state index in [0.717, 1.165) is 13.0 Å². The molecular weight excluding hydrogens is 259 g/mol. The van der Waals surface area contributed by atoms with Crippen LogP contribution < -0.4 is 5.32 Å². The number of hydrogen-bond donors (Lipinski definition) is 1. The minimum Gasteiger partial charge on any atom is -0.354 e. The second-order valence-electron chi connectivity index (χ2n) is 3.89. The van der Waals surface area contributed by atoms with E-state index < -0.39 is 0 Å². The van der Waals surface area contributed by atoms with Crippen LogP contribution in [0.25, 0.3) is 0 Å². The van der Waals surface area contributed by atoms with E-state index in [0.29, 0.717) is 5.95 Å². The minimum atomic E-state index is 0.121. The van der Waals surface area contributed by atoms with Crippen molar-refractivity contribution >= 4 is 29.2 Å². The Morgan fingerprint density at radius 2 is 1.47 bits per heavy atom. The monoisotopic (exact) mass is 276 g/mol. The lowest BCUT2D eigenvalue weighted by Gasteiger charge is -2.04. The first kappa shape index (κ1) is 14.5. The highest BCUT2D eigenvalue weighted by molar-refractivity contribution is 6.31. The van der Waals surface area contributed by atoms with Gasteiger partial charge in [-0.25, -0.2) is 0 Å². The van der Waals surface area contributed by atoms with E-state index in [-0.39, 0.29) is 10.6 Å². The molecule has 1 heterocycles. The van der Waals surface area contributed by atoms with Gasteiger partial charge in [0.15, 0.2) is 0 Å². The smallest absolute Gasteiger partial charge is 0.228 e. The van der Waals surface area contributed by atoms with E-state index in [4.69, 9.17) is 23.2 Å². The fourth-order valence-corrected chi connectivity index (χ4v) is 1.87. The Bertz CT molecular complexity index is 313. The molecule has 0 atom stereocenters. The van der Waals surface area contributed by atoms with Gasteiger partial charge in [0.25, 0.3) is 0 Å². The molecule has 0 saturated heterocycles. The molecule has 0 saturated carbocycles. The average Bonchev–Trinajstić information content (AvgIpc) is 2.26. The maximum Gasteiger partial charge on any atom is 0.228 e. The molecule has 1 N–H and O–H groups in total. The number of rotatable bonds is 8. The molecule has 96 valence electrons. The highest BCUT2D eigenvalue weighted by Gasteiger charge is 2.01. The van der Waals surface area contributed by atoms with Crippen LogP contribution in [0.1, 0.15) is 45.4 Å². The first-order chi connectivity index (χ1) is 8.22. The van der Waals surface area contributed by atoms with Crippen LogP contribution in [0.3, 0.4) is 0 Å². The van der Waals surface area contributed by atoms with Crippen molar-refractivity contribution in [2.45, 2.75) is 45.4 Å². The van der Waals surface area contributed by atoms with Gasteiger partial charge in [-0.15, -0.1) is 0 Å². The van der Waals surface area contributed by atoms with Gasteiger partial charge in [-0.05, 0) is 29.6 Å². The predicted molar refractivity (Wildman–Crippen MR) is 71.7 cm³/mol. The second-order valence-corrected chi connectivity index (χ2v) is 4.57. The minimum absolute atomic E-state index is 0.121. The summed E-state index contributed by atoms with van der Waals surface area (Å²) in [4.78, 5) is 11.5. The van der Waals surface area contributed by atoms with E-state index in [2.05, 4.69) is 27.2 Å². The van der Waals surface area contributed by atoms with E-state index in [1.807, 2.05) is 0 Å². The third-order valence-electron chi connectivity index (χ3n) is 2.39. The molecule has 0 aliphatic carbocycles. The van der Waals surface area contributed by atoms with Crippen LogP contribution >= 0.6 is 23.2 Å². The number of nitrogens with one attached hydrogen (secondary N) is 1. The highest BCUT2D eigenvalue weighted by atomic mass is 35.5. The van der Waals surface area contributed by atoms with Crippen LogP contribution in [-0.2, 0) is 0 Å². The molecule has 0 unspecified atom stereocenters. The van der Waals surface area contributed by atoms with Gasteiger partial charge in [-0.3, -0.25) is 0 Å². The van der Waals surface area contributed by atoms with Crippen LogP contribution in [0.2, 0.25) is 10.6 Å². The summed E-state index contributed by atoms with van der Waals surface area (Å²) in [5.74, 6) is 0.448. The molecule has 0 aliphatic rings. The van der Waals surface area contributed by atoms with Crippen molar-refractivity contribution in [3.05, 3.63) is 10.6 Å². The Morgan fingerprint density at radius 3 is 2.12 bits per heavy atom. The first-order valence-corrected chi connectivity index (χ1v) is 6.79. The Labute approximate surface area is 112 Å². The van der Waals surface area contributed by atoms with E-state index in [9.17, 15) is 0 Å². The third kappa shape index (κ3) is 6.64. The fraction of sp³-hybridized carbons (Fsp3) is 0.727. The SMILES string of the molecule is CCCCCCCCNc1nc(Cl)nc(Cl)n1. The van der Waals surface area contributed by atoms with Crippen molar-refractivity contribution in [2.75, 3.05) is 11.9 Å². The Kier molecular flexibility index (Phi) is 7.21. The molecule has 0 aliphatic heterocycles. The van der Waals surface area contributed by atoms with Gasteiger partial charge in [0, 0.05) is 6.54 Å². The van der Waals surface area contributed by atoms with Gasteiger partial charge in [-0.2, -0.15) is 15.0 Å². The second kappa shape index (κ2) is 8.48. The Hall–Kier alpha value is -0.610. The molecule has 1 rings (SSSR count). The summed E-state index contributed by atoms with van der Waals surface area (Å²) in [6.07, 6.45) is 7.53. The lowest BCUT2D eigenvalue weighted by molar-refractivity contribution is 0.616. The largest absolute Gasteiger partial charge is 0.354 e. The Morgan fingerprint density at radius 1 is 0.882 bits per heavy atom. The fourth-order valence-electron chi connectivity index (χ4n) is 1.51. The molecule has 1 aromatic heterocycles. The zero-order chi connectivity index (χ0) is 12.5. The summed E-state index contributed by atoms with van der Waals surface area (Å²) >= 11 is 11.3. The topological polar surface area (TPSA) is 50.7 Å². The molecule has 0 radical (unpaired) electrons. The molecule has 6 heteroatoms. The van der Waals surface area contributed by atoms with E-state index >= 15 is 0 Å². The lowest BCUT2D eigenvalue weighted by atomic mass is 10.1. The number of halogens is 2. The van der Waals surface area contributed by atoms with Crippen LogP contribution in [0.4, 0.5) is 5.95 Å². The summed E-state index contributed by atoms with van der Waals surface area (Å²) < 4.78 is 0. The molecule has 17 heavy (non-hydrogen) atoms. The maximum absolute atomic E-state index is 5.66. The molecule has 0 bridgehead atoms. The van der Waals surface area contributed by atoms with Crippen molar-refractivity contribution in [3.8, 4) is 0 Å². The van der Waals surface area contributed by atoms with Crippen molar-refractivity contribution in [1.29, 1.82) is 0 Å². The average molecular weight is 277 g/mol. The number of nitrogens with zero attached hydrogens (tertiary/aromatic N) is 3. The lowest BCUT2D eigenvalue weighted by Crippen LogP contribution is -2.06. The summed E-state index contributed by atoms with van der Waals surface area (Å²) in [5, 5.41) is 3.33. The van der Waals surface area contributed by atoms with Crippen molar-refractivity contribution < 1.29 is 0 Å². The maximum atomic E-state index is 5.66. The number of hydrogen-bond acceptors (Lipinski definition) is 4. The van der Waals surface area contributed by atoms with Gasteiger partial charge < -0.3 is 5.32 Å². The standard InChI is InChI=1S/C11H18Cl2N4/c1-2-3-4-5-6-7-8-14-11-16-9(12)15-10(13)17-11/h2-8H2,1H3,(H,14,15,16,17). The number of unbranched alkanes of at least 4 members (excludes halogenated alkanes) is 5. The normalized spacial score (nSPS) is 10.5. The molecule has 0 spiro atoms. The Balaban J connectivity index is 2.13. The van der Waals surface area contributed by atoms with Crippen LogP contribution in [-0.4, -0.2) is 21.5 Å². The zero-order valence-corrected chi connectivity index (χ0v) is 11.6. The molecule has 4 nitrogen and oxygen atoms in total. The van der Waals surface area contributed by atoms with Gasteiger partial charge in [0.05, 0.1) is 0 Å². The van der Waals surface area contributed by atoms with Gasteiger partial charge in [0.2, 0.25) is 16.5 Å². The summed E-state index contributed by atoms with van der Waals surface area (Å²) in [7, 11) is 0. The highest BCUT2D eigenvalue weighted by Crippen LogP contribution is 2.10. The molecular formula is C11H18Cl2N4. The predicted octanol–water partition coefficient (Wildman–Crippen LogP) is 3.95. The summed E-state index contributed by atoms with van der Waals surface area (Å²) in [6, 6.07) is 0. The van der Waals surface area contributed by atoms with Crippen molar-refractivity contribution in [1.82, 2.24) is 15.0 Å². The summed E-state index contributed by atoms with van der Waals surface area (Å²) in [5.41, 5.74) is 0. The van der Waals surface area contributed by atoms with Crippen molar-refractivity contribution in [3.63, 3.8) is 0 Å². The van der Waals surface area contributed by atoms with E-state index in [1.54, 1.807) is 0 Å². The summed E-state index contributed by atoms with van der Waals surface area (Å²) in [6.45, 7) is 3.05. The van der Waals surface area contributed by atoms with Crippen LogP contribution in [0, 0.1) is 0 Å². The zero-order valence-electron chi connectivity index (χ0n) is 10.0. The van der Waals surface area contributed by atoms with Crippen molar-refractivity contribution in [2.24, 2.45) is 0 Å². The van der Waals surface area contributed by atoms with Gasteiger partial charge in [-0.1, -0.05) is 39.0 Å². The molecule has 0 aromatic carbocycles. The number of aromatic nitrogens is 3. The molecule has 1 aromatic rings. The number of anilines is 1.